The third-order valence-electron chi connectivity index (χ3n) is 4.88. The van der Waals surface area contributed by atoms with E-state index >= 15 is 0 Å². The van der Waals surface area contributed by atoms with E-state index < -0.39 is 0 Å². The van der Waals surface area contributed by atoms with E-state index in [4.69, 9.17) is 4.74 Å². The molecule has 0 saturated carbocycles. The number of carbonyl (C=O) groups excluding carboxylic acids is 2. The Morgan fingerprint density at radius 2 is 2.00 bits per heavy atom. The SMILES string of the molecule is Cc1cc(OC(C)c2ccccc2)ccc1NC(=O)c1cc2n(n1)CCNC2=O. The molecule has 1 atom stereocenters. The van der Waals surface area contributed by atoms with Crippen LogP contribution in [0.3, 0.4) is 0 Å². The van der Waals surface area contributed by atoms with Crippen molar-refractivity contribution in [3.05, 3.63) is 77.1 Å². The summed E-state index contributed by atoms with van der Waals surface area (Å²) in [6.45, 7) is 4.97. The summed E-state index contributed by atoms with van der Waals surface area (Å²) in [6, 6.07) is 17.0. The molecule has 0 radical (unpaired) electrons. The molecule has 1 aromatic heterocycles. The second-order valence-electron chi connectivity index (χ2n) is 7.00. The fourth-order valence-electron chi connectivity index (χ4n) is 3.28. The van der Waals surface area contributed by atoms with Crippen LogP contribution in [-0.4, -0.2) is 28.1 Å². The van der Waals surface area contributed by atoms with Crippen LogP contribution in [0.15, 0.2) is 54.6 Å². The number of nitrogens with zero attached hydrogens (tertiary/aromatic N) is 2. The van der Waals surface area contributed by atoms with Crippen LogP contribution in [0.5, 0.6) is 5.75 Å². The Kier molecular flexibility index (Phi) is 5.03. The second-order valence-corrected chi connectivity index (χ2v) is 7.00. The summed E-state index contributed by atoms with van der Waals surface area (Å²) in [6.07, 6.45) is -0.0842. The lowest BCUT2D eigenvalue weighted by molar-refractivity contribution is 0.0923. The van der Waals surface area contributed by atoms with Gasteiger partial charge in [-0.25, -0.2) is 0 Å². The summed E-state index contributed by atoms with van der Waals surface area (Å²) < 4.78 is 7.58. The number of rotatable bonds is 5. The molecule has 7 nitrogen and oxygen atoms in total. The molecular formula is C22H22N4O3. The zero-order valence-electron chi connectivity index (χ0n) is 16.3. The maximum absolute atomic E-state index is 12.6. The number of ether oxygens (including phenoxy) is 1. The van der Waals surface area contributed by atoms with Gasteiger partial charge in [0.1, 0.15) is 17.5 Å². The first kappa shape index (κ1) is 18.7. The van der Waals surface area contributed by atoms with Crippen LogP contribution in [0.4, 0.5) is 5.69 Å². The summed E-state index contributed by atoms with van der Waals surface area (Å²) in [5, 5.41) is 9.83. The number of hydrogen-bond donors (Lipinski definition) is 2. The van der Waals surface area contributed by atoms with Crippen molar-refractivity contribution in [1.29, 1.82) is 0 Å². The van der Waals surface area contributed by atoms with E-state index in [1.165, 1.54) is 6.07 Å². The third-order valence-corrected chi connectivity index (χ3v) is 4.88. The molecule has 7 heteroatoms. The number of aromatic nitrogens is 2. The minimum Gasteiger partial charge on any atom is -0.486 e. The van der Waals surface area contributed by atoms with E-state index in [0.717, 1.165) is 16.9 Å². The van der Waals surface area contributed by atoms with Crippen molar-refractivity contribution in [3.63, 3.8) is 0 Å². The monoisotopic (exact) mass is 390 g/mol. The Morgan fingerprint density at radius 1 is 1.21 bits per heavy atom. The molecule has 1 aliphatic heterocycles. The number of carbonyl (C=O) groups is 2. The van der Waals surface area contributed by atoms with Gasteiger partial charge in [-0.15, -0.1) is 0 Å². The number of hydrogen-bond acceptors (Lipinski definition) is 4. The van der Waals surface area contributed by atoms with Crippen LogP contribution in [0.1, 0.15) is 45.1 Å². The van der Waals surface area contributed by atoms with Crippen molar-refractivity contribution >= 4 is 17.5 Å². The van der Waals surface area contributed by atoms with Gasteiger partial charge in [0.2, 0.25) is 0 Å². The minimum atomic E-state index is -0.353. The van der Waals surface area contributed by atoms with Gasteiger partial charge in [0.25, 0.3) is 11.8 Å². The van der Waals surface area contributed by atoms with Crippen LogP contribution in [-0.2, 0) is 6.54 Å². The molecule has 2 heterocycles. The zero-order valence-corrected chi connectivity index (χ0v) is 16.3. The Balaban J connectivity index is 1.46. The van der Waals surface area contributed by atoms with Crippen LogP contribution >= 0.6 is 0 Å². The molecule has 0 aliphatic carbocycles. The molecule has 1 unspecified atom stereocenters. The zero-order chi connectivity index (χ0) is 20.4. The Bertz CT molecular complexity index is 1060. The highest BCUT2D eigenvalue weighted by Crippen LogP contribution is 2.26. The van der Waals surface area contributed by atoms with Crippen molar-refractivity contribution in [2.45, 2.75) is 26.5 Å². The predicted molar refractivity (Wildman–Crippen MR) is 109 cm³/mol. The maximum atomic E-state index is 12.6. The topological polar surface area (TPSA) is 85.2 Å². The normalized spacial score (nSPS) is 13.9. The van der Waals surface area contributed by atoms with Crippen molar-refractivity contribution in [2.75, 3.05) is 11.9 Å². The largest absolute Gasteiger partial charge is 0.486 e. The van der Waals surface area contributed by atoms with Gasteiger partial charge in [0.05, 0.1) is 6.54 Å². The molecule has 0 saturated heterocycles. The van der Waals surface area contributed by atoms with Crippen LogP contribution in [0.25, 0.3) is 0 Å². The number of aryl methyl sites for hydroxylation is 1. The summed E-state index contributed by atoms with van der Waals surface area (Å²) in [5.74, 6) is 0.160. The number of nitrogens with one attached hydrogen (secondary N) is 2. The van der Waals surface area contributed by atoms with Gasteiger partial charge < -0.3 is 15.4 Å². The van der Waals surface area contributed by atoms with Crippen LogP contribution < -0.4 is 15.4 Å². The highest BCUT2D eigenvalue weighted by Gasteiger charge is 2.22. The lowest BCUT2D eigenvalue weighted by atomic mass is 10.1. The van der Waals surface area contributed by atoms with Gasteiger partial charge in [-0.05, 0) is 43.2 Å². The number of fused-ring (bicyclic) bond motifs is 1. The summed E-state index contributed by atoms with van der Waals surface area (Å²) in [5.41, 5.74) is 3.25. The van der Waals surface area contributed by atoms with E-state index in [1.807, 2.05) is 62.4 Å². The van der Waals surface area contributed by atoms with Gasteiger partial charge in [-0.2, -0.15) is 5.10 Å². The predicted octanol–water partition coefficient (Wildman–Crippen LogP) is 3.33. The Labute approximate surface area is 168 Å². The first-order chi connectivity index (χ1) is 14.0. The number of benzene rings is 2. The van der Waals surface area contributed by atoms with Crippen LogP contribution in [0, 0.1) is 6.92 Å². The summed E-state index contributed by atoms with van der Waals surface area (Å²) in [4.78, 5) is 24.4. The third kappa shape index (κ3) is 3.99. The quantitative estimate of drug-likeness (QED) is 0.700. The molecule has 29 heavy (non-hydrogen) atoms. The molecule has 2 aromatic carbocycles. The van der Waals surface area contributed by atoms with Gasteiger partial charge in [0.15, 0.2) is 5.69 Å². The average molecular weight is 390 g/mol. The average Bonchev–Trinajstić information content (AvgIpc) is 3.17. The van der Waals surface area contributed by atoms with E-state index in [2.05, 4.69) is 15.7 Å². The van der Waals surface area contributed by atoms with Gasteiger partial charge in [0, 0.05) is 18.3 Å². The lowest BCUT2D eigenvalue weighted by Gasteiger charge is -2.16. The van der Waals surface area contributed by atoms with Gasteiger partial charge >= 0.3 is 0 Å². The van der Waals surface area contributed by atoms with E-state index in [1.54, 1.807) is 4.68 Å². The minimum absolute atomic E-state index is 0.0842. The number of anilines is 1. The van der Waals surface area contributed by atoms with E-state index in [-0.39, 0.29) is 23.6 Å². The van der Waals surface area contributed by atoms with Crippen LogP contribution in [0.2, 0.25) is 0 Å². The van der Waals surface area contributed by atoms with E-state index in [0.29, 0.717) is 24.5 Å². The fourth-order valence-corrected chi connectivity index (χ4v) is 3.28. The first-order valence-corrected chi connectivity index (χ1v) is 9.51. The highest BCUT2D eigenvalue weighted by atomic mass is 16.5. The Hall–Kier alpha value is -3.61. The van der Waals surface area contributed by atoms with Crippen molar-refractivity contribution in [1.82, 2.24) is 15.1 Å². The molecule has 2 N–H and O–H groups in total. The first-order valence-electron chi connectivity index (χ1n) is 9.51. The van der Waals surface area contributed by atoms with Crippen molar-refractivity contribution in [2.24, 2.45) is 0 Å². The molecule has 148 valence electrons. The standard InChI is InChI=1S/C22H22N4O3/c1-14-12-17(29-15(2)16-6-4-3-5-7-16)8-9-18(14)24-21(27)19-13-20-22(28)23-10-11-26(20)25-19/h3-9,12-13,15H,10-11H2,1-2H3,(H,23,28)(H,24,27). The maximum Gasteiger partial charge on any atom is 0.276 e. The van der Waals surface area contributed by atoms with E-state index in [9.17, 15) is 9.59 Å². The second kappa shape index (κ2) is 7.79. The molecule has 3 aromatic rings. The lowest BCUT2D eigenvalue weighted by Crippen LogP contribution is -2.35. The van der Waals surface area contributed by atoms with Gasteiger partial charge in [-0.1, -0.05) is 30.3 Å². The molecule has 0 bridgehead atoms. The molecular weight excluding hydrogens is 368 g/mol. The van der Waals surface area contributed by atoms with Crippen molar-refractivity contribution < 1.29 is 14.3 Å². The molecule has 2 amide bonds. The molecule has 0 fully saturated rings. The summed E-state index contributed by atoms with van der Waals surface area (Å²) in [7, 11) is 0. The van der Waals surface area contributed by atoms with Gasteiger partial charge in [-0.3, -0.25) is 14.3 Å². The smallest absolute Gasteiger partial charge is 0.276 e. The van der Waals surface area contributed by atoms with Crippen molar-refractivity contribution in [3.8, 4) is 5.75 Å². The fraction of sp³-hybridized carbons (Fsp3) is 0.227. The Morgan fingerprint density at radius 3 is 2.72 bits per heavy atom. The molecule has 1 aliphatic rings. The summed E-state index contributed by atoms with van der Waals surface area (Å²) >= 11 is 0. The molecule has 4 rings (SSSR count). The number of amides is 2. The highest BCUT2D eigenvalue weighted by molar-refractivity contribution is 6.05. The molecule has 0 spiro atoms.